The molecule has 0 fully saturated rings. The number of nitrogens with zero attached hydrogens (tertiary/aromatic N) is 2. The Morgan fingerprint density at radius 1 is 1.33 bits per heavy atom. The van der Waals surface area contributed by atoms with Gasteiger partial charge in [0.05, 0.1) is 11.4 Å². The topological polar surface area (TPSA) is 33.2 Å². The Morgan fingerprint density at radius 3 is 2.73 bits per heavy atom. The van der Waals surface area contributed by atoms with Gasteiger partial charge in [0.25, 0.3) is 0 Å². The number of pyridine rings is 1. The van der Waals surface area contributed by atoms with Gasteiger partial charge in [0.15, 0.2) is 0 Å². The van der Waals surface area contributed by atoms with Crippen LogP contribution < -0.4 is 4.90 Å². The summed E-state index contributed by atoms with van der Waals surface area (Å²) in [6, 6.07) is 3.86. The Bertz CT molecular complexity index is 393. The molecule has 80 valence electrons. The SMILES string of the molecule is CC(C)(C)N1C(=O)CCc2ncccc21. The summed E-state index contributed by atoms with van der Waals surface area (Å²) in [6.07, 6.45) is 3.12. The molecule has 0 saturated carbocycles. The average molecular weight is 204 g/mol. The lowest BCUT2D eigenvalue weighted by molar-refractivity contribution is -0.119. The lowest BCUT2D eigenvalue weighted by Gasteiger charge is -2.39. The van der Waals surface area contributed by atoms with E-state index in [-0.39, 0.29) is 11.4 Å². The van der Waals surface area contributed by atoms with Crippen LogP contribution in [0, 0.1) is 0 Å². The molecule has 3 heteroatoms. The lowest BCUT2D eigenvalue weighted by atomic mass is 9.98. The van der Waals surface area contributed by atoms with Crippen molar-refractivity contribution in [2.45, 2.75) is 39.2 Å². The van der Waals surface area contributed by atoms with Crippen molar-refractivity contribution >= 4 is 11.6 Å². The van der Waals surface area contributed by atoms with E-state index in [1.807, 2.05) is 37.8 Å². The Labute approximate surface area is 90.1 Å². The number of rotatable bonds is 0. The van der Waals surface area contributed by atoms with Crippen molar-refractivity contribution in [1.82, 2.24) is 4.98 Å². The second-order valence-corrected chi connectivity index (χ2v) is 4.87. The molecule has 0 radical (unpaired) electrons. The predicted molar refractivity (Wildman–Crippen MR) is 59.8 cm³/mol. The third kappa shape index (κ3) is 1.74. The predicted octanol–water partition coefficient (Wildman–Crippen LogP) is 2.16. The molecule has 0 aliphatic carbocycles. The van der Waals surface area contributed by atoms with E-state index in [1.54, 1.807) is 6.20 Å². The molecule has 15 heavy (non-hydrogen) atoms. The standard InChI is InChI=1S/C12H16N2O/c1-12(2,3)14-10-5-4-8-13-9(10)6-7-11(14)15/h4-5,8H,6-7H2,1-3H3. The van der Waals surface area contributed by atoms with E-state index in [9.17, 15) is 4.79 Å². The molecule has 1 aliphatic heterocycles. The maximum absolute atomic E-state index is 11.9. The van der Waals surface area contributed by atoms with Crippen LogP contribution in [0.4, 0.5) is 5.69 Å². The first-order valence-electron chi connectivity index (χ1n) is 5.27. The van der Waals surface area contributed by atoms with Crippen molar-refractivity contribution < 1.29 is 4.79 Å². The normalized spacial score (nSPS) is 16.5. The van der Waals surface area contributed by atoms with E-state index >= 15 is 0 Å². The van der Waals surface area contributed by atoms with Crippen LogP contribution in [0.1, 0.15) is 32.9 Å². The Hall–Kier alpha value is -1.38. The van der Waals surface area contributed by atoms with Crippen LogP contribution in [-0.4, -0.2) is 16.4 Å². The molecule has 1 aliphatic rings. The van der Waals surface area contributed by atoms with Gasteiger partial charge < -0.3 is 4.90 Å². The van der Waals surface area contributed by atoms with Crippen LogP contribution in [-0.2, 0) is 11.2 Å². The largest absolute Gasteiger partial charge is 0.305 e. The highest BCUT2D eigenvalue weighted by atomic mass is 16.2. The molecule has 1 aromatic rings. The molecular weight excluding hydrogens is 188 g/mol. The first-order chi connectivity index (χ1) is 7.00. The molecule has 0 saturated heterocycles. The number of aryl methyl sites for hydroxylation is 1. The molecule has 0 bridgehead atoms. The minimum Gasteiger partial charge on any atom is -0.305 e. The molecule has 0 unspecified atom stereocenters. The molecule has 3 nitrogen and oxygen atoms in total. The van der Waals surface area contributed by atoms with Gasteiger partial charge in [0.2, 0.25) is 5.91 Å². The quantitative estimate of drug-likeness (QED) is 0.648. The summed E-state index contributed by atoms with van der Waals surface area (Å²) in [5, 5.41) is 0. The van der Waals surface area contributed by atoms with Gasteiger partial charge in [-0.05, 0) is 32.9 Å². The summed E-state index contributed by atoms with van der Waals surface area (Å²) in [5.74, 6) is 0.197. The number of carbonyl (C=O) groups excluding carboxylic acids is 1. The fourth-order valence-electron chi connectivity index (χ4n) is 2.03. The van der Waals surface area contributed by atoms with Crippen molar-refractivity contribution in [2.75, 3.05) is 4.90 Å². The molecule has 2 rings (SSSR count). The second-order valence-electron chi connectivity index (χ2n) is 4.87. The van der Waals surface area contributed by atoms with E-state index in [0.717, 1.165) is 17.8 Å². The zero-order chi connectivity index (χ0) is 11.1. The van der Waals surface area contributed by atoms with Crippen LogP contribution in [0.25, 0.3) is 0 Å². The third-order valence-electron chi connectivity index (χ3n) is 2.60. The smallest absolute Gasteiger partial charge is 0.227 e. The first-order valence-corrected chi connectivity index (χ1v) is 5.27. The summed E-state index contributed by atoms with van der Waals surface area (Å²) in [5.41, 5.74) is 1.84. The molecular formula is C12H16N2O. The van der Waals surface area contributed by atoms with E-state index in [1.165, 1.54) is 0 Å². The molecule has 0 N–H and O–H groups in total. The summed E-state index contributed by atoms with van der Waals surface area (Å²) in [6.45, 7) is 6.15. The van der Waals surface area contributed by atoms with Crippen LogP contribution in [0.2, 0.25) is 0 Å². The second kappa shape index (κ2) is 3.33. The number of amides is 1. The minimum atomic E-state index is -0.171. The van der Waals surface area contributed by atoms with Crippen molar-refractivity contribution in [3.05, 3.63) is 24.0 Å². The summed E-state index contributed by atoms with van der Waals surface area (Å²) < 4.78 is 0. The van der Waals surface area contributed by atoms with Crippen molar-refractivity contribution in [3.63, 3.8) is 0 Å². The number of aromatic nitrogens is 1. The van der Waals surface area contributed by atoms with Crippen LogP contribution in [0.15, 0.2) is 18.3 Å². The molecule has 0 atom stereocenters. The van der Waals surface area contributed by atoms with Crippen molar-refractivity contribution in [2.24, 2.45) is 0 Å². The maximum Gasteiger partial charge on any atom is 0.227 e. The van der Waals surface area contributed by atoms with E-state index < -0.39 is 0 Å². The lowest BCUT2D eigenvalue weighted by Crippen LogP contribution is -2.48. The van der Waals surface area contributed by atoms with Crippen LogP contribution in [0.3, 0.4) is 0 Å². The van der Waals surface area contributed by atoms with Gasteiger partial charge in [-0.3, -0.25) is 9.78 Å². The summed E-state index contributed by atoms with van der Waals surface area (Å²) >= 11 is 0. The summed E-state index contributed by atoms with van der Waals surface area (Å²) in [7, 11) is 0. The molecule has 0 spiro atoms. The Morgan fingerprint density at radius 2 is 2.07 bits per heavy atom. The van der Waals surface area contributed by atoms with Gasteiger partial charge >= 0.3 is 0 Å². The van der Waals surface area contributed by atoms with E-state index in [2.05, 4.69) is 4.98 Å². The zero-order valence-electron chi connectivity index (χ0n) is 9.45. The fraction of sp³-hybridized carbons (Fsp3) is 0.500. The van der Waals surface area contributed by atoms with Crippen molar-refractivity contribution in [3.8, 4) is 0 Å². The average Bonchev–Trinajstić information content (AvgIpc) is 2.15. The van der Waals surface area contributed by atoms with Gasteiger partial charge in [-0.1, -0.05) is 0 Å². The van der Waals surface area contributed by atoms with E-state index in [4.69, 9.17) is 0 Å². The Kier molecular flexibility index (Phi) is 2.25. The number of carbonyl (C=O) groups is 1. The molecule has 1 amide bonds. The minimum absolute atomic E-state index is 0.171. The van der Waals surface area contributed by atoms with Gasteiger partial charge in [-0.15, -0.1) is 0 Å². The fourth-order valence-corrected chi connectivity index (χ4v) is 2.03. The van der Waals surface area contributed by atoms with Gasteiger partial charge in [-0.2, -0.15) is 0 Å². The highest BCUT2D eigenvalue weighted by molar-refractivity contribution is 5.97. The van der Waals surface area contributed by atoms with Gasteiger partial charge in [0, 0.05) is 24.6 Å². The highest BCUT2D eigenvalue weighted by Crippen LogP contribution is 2.31. The maximum atomic E-state index is 11.9. The Balaban J connectivity index is 2.51. The van der Waals surface area contributed by atoms with Gasteiger partial charge in [0.1, 0.15) is 0 Å². The first kappa shape index (κ1) is 10.1. The van der Waals surface area contributed by atoms with E-state index in [0.29, 0.717) is 6.42 Å². The highest BCUT2D eigenvalue weighted by Gasteiger charge is 2.32. The molecule has 2 heterocycles. The third-order valence-corrected chi connectivity index (χ3v) is 2.60. The molecule has 0 aromatic carbocycles. The number of fused-ring (bicyclic) bond motifs is 1. The van der Waals surface area contributed by atoms with Gasteiger partial charge in [-0.25, -0.2) is 0 Å². The number of hydrogen-bond donors (Lipinski definition) is 0. The monoisotopic (exact) mass is 204 g/mol. The number of anilines is 1. The number of hydrogen-bond acceptors (Lipinski definition) is 2. The van der Waals surface area contributed by atoms with Crippen LogP contribution >= 0.6 is 0 Å². The van der Waals surface area contributed by atoms with Crippen molar-refractivity contribution in [1.29, 1.82) is 0 Å². The molecule has 1 aromatic heterocycles. The summed E-state index contributed by atoms with van der Waals surface area (Å²) in [4.78, 5) is 18.1. The van der Waals surface area contributed by atoms with Crippen LogP contribution in [0.5, 0.6) is 0 Å². The zero-order valence-corrected chi connectivity index (χ0v) is 9.45.